The molecule has 7 heteroatoms. The Labute approximate surface area is 153 Å². The van der Waals surface area contributed by atoms with Gasteiger partial charge in [0, 0.05) is 23.4 Å². The van der Waals surface area contributed by atoms with Gasteiger partial charge in [0.25, 0.3) is 0 Å². The van der Waals surface area contributed by atoms with Crippen LogP contribution in [0.3, 0.4) is 0 Å². The molecule has 3 aromatic heterocycles. The van der Waals surface area contributed by atoms with Crippen molar-refractivity contribution < 1.29 is 4.52 Å². The van der Waals surface area contributed by atoms with E-state index in [1.54, 1.807) is 0 Å². The van der Waals surface area contributed by atoms with Crippen LogP contribution in [0.4, 0.5) is 0 Å². The second-order valence-electron chi connectivity index (χ2n) is 8.25. The lowest BCUT2D eigenvalue weighted by Gasteiger charge is -2.30. The van der Waals surface area contributed by atoms with E-state index in [-0.39, 0.29) is 5.41 Å². The third kappa shape index (κ3) is 3.23. The van der Waals surface area contributed by atoms with Gasteiger partial charge >= 0.3 is 0 Å². The highest BCUT2D eigenvalue weighted by molar-refractivity contribution is 5.37. The first kappa shape index (κ1) is 17.1. The van der Waals surface area contributed by atoms with Crippen molar-refractivity contribution in [3.63, 3.8) is 0 Å². The predicted octanol–water partition coefficient (Wildman–Crippen LogP) is 3.10. The van der Waals surface area contributed by atoms with Gasteiger partial charge in [0.1, 0.15) is 5.76 Å². The van der Waals surface area contributed by atoms with Crippen LogP contribution in [0.15, 0.2) is 22.9 Å². The molecule has 0 atom stereocenters. The van der Waals surface area contributed by atoms with Gasteiger partial charge in [-0.3, -0.25) is 4.90 Å². The van der Waals surface area contributed by atoms with E-state index in [0.29, 0.717) is 5.92 Å². The van der Waals surface area contributed by atoms with E-state index in [1.807, 2.05) is 23.7 Å². The first-order chi connectivity index (χ1) is 12.4. The lowest BCUT2D eigenvalue weighted by molar-refractivity contribution is 0.200. The van der Waals surface area contributed by atoms with Crippen molar-refractivity contribution in [2.24, 2.45) is 0 Å². The van der Waals surface area contributed by atoms with Gasteiger partial charge in [-0.15, -0.1) is 10.2 Å². The van der Waals surface area contributed by atoms with Crippen molar-refractivity contribution in [3.05, 3.63) is 41.2 Å². The van der Waals surface area contributed by atoms with Gasteiger partial charge in [0.2, 0.25) is 0 Å². The molecule has 4 heterocycles. The molecule has 3 aromatic rings. The Bertz CT molecular complexity index is 898. The van der Waals surface area contributed by atoms with E-state index in [4.69, 9.17) is 9.62 Å². The number of rotatable bonds is 3. The van der Waals surface area contributed by atoms with Crippen LogP contribution < -0.4 is 0 Å². The molecule has 1 saturated heterocycles. The number of likely N-dealkylation sites (tertiary alicyclic amines) is 1. The predicted molar refractivity (Wildman–Crippen MR) is 98.0 cm³/mol. The summed E-state index contributed by atoms with van der Waals surface area (Å²) in [5, 5.41) is 17.5. The second-order valence-corrected chi connectivity index (χ2v) is 8.25. The Kier molecular flexibility index (Phi) is 4.26. The topological polar surface area (TPSA) is 72.3 Å². The molecule has 0 spiro atoms. The monoisotopic (exact) mass is 354 g/mol. The maximum Gasteiger partial charge on any atom is 0.177 e. The minimum Gasteiger partial charge on any atom is -0.361 e. The van der Waals surface area contributed by atoms with Crippen molar-refractivity contribution in [2.45, 2.75) is 58.4 Å². The lowest BCUT2D eigenvalue weighted by Crippen LogP contribution is -2.33. The third-order valence-corrected chi connectivity index (χ3v) is 5.25. The van der Waals surface area contributed by atoms with Gasteiger partial charge in [-0.25, -0.2) is 0 Å². The molecule has 0 aliphatic carbocycles. The number of hydrogen-bond acceptors (Lipinski definition) is 6. The highest BCUT2D eigenvalue weighted by atomic mass is 16.5. The van der Waals surface area contributed by atoms with Gasteiger partial charge in [0.05, 0.1) is 11.9 Å². The minimum atomic E-state index is 0.00951. The molecule has 0 aromatic carbocycles. The van der Waals surface area contributed by atoms with Crippen LogP contribution >= 0.6 is 0 Å². The number of fused-ring (bicyclic) bond motifs is 1. The first-order valence-electron chi connectivity index (χ1n) is 9.27. The summed E-state index contributed by atoms with van der Waals surface area (Å²) in [4.78, 5) is 2.45. The number of aromatic nitrogens is 5. The standard InChI is InChI=1S/C19H26N6O/c1-13-15(11-20-26-13)12-24-9-7-14(8-10-24)18-22-21-17-6-5-16(19(2,3)4)23-25(17)18/h5-6,11,14H,7-10,12H2,1-4H3. The quantitative estimate of drug-likeness (QED) is 0.720. The Morgan fingerprint density at radius 3 is 2.58 bits per heavy atom. The van der Waals surface area contributed by atoms with Gasteiger partial charge in [-0.1, -0.05) is 25.9 Å². The van der Waals surface area contributed by atoms with E-state index in [1.165, 1.54) is 5.56 Å². The summed E-state index contributed by atoms with van der Waals surface area (Å²) in [5.41, 5.74) is 3.07. The molecule has 7 nitrogen and oxygen atoms in total. The Morgan fingerprint density at radius 2 is 1.92 bits per heavy atom. The van der Waals surface area contributed by atoms with Gasteiger partial charge in [-0.05, 0) is 45.0 Å². The second kappa shape index (κ2) is 6.46. The molecular formula is C19H26N6O. The van der Waals surface area contributed by atoms with Crippen LogP contribution in [0.2, 0.25) is 0 Å². The summed E-state index contributed by atoms with van der Waals surface area (Å²) in [7, 11) is 0. The highest BCUT2D eigenvalue weighted by Gasteiger charge is 2.26. The lowest BCUT2D eigenvalue weighted by atomic mass is 9.92. The van der Waals surface area contributed by atoms with Gasteiger partial charge < -0.3 is 4.52 Å². The van der Waals surface area contributed by atoms with Crippen molar-refractivity contribution in [2.75, 3.05) is 13.1 Å². The molecule has 0 radical (unpaired) electrons. The maximum absolute atomic E-state index is 5.17. The fourth-order valence-corrected chi connectivity index (χ4v) is 3.52. The summed E-state index contributed by atoms with van der Waals surface area (Å²) in [6.07, 6.45) is 3.95. The van der Waals surface area contributed by atoms with Crippen LogP contribution in [-0.4, -0.2) is 43.0 Å². The van der Waals surface area contributed by atoms with Crippen LogP contribution in [-0.2, 0) is 12.0 Å². The van der Waals surface area contributed by atoms with Crippen LogP contribution in [0.5, 0.6) is 0 Å². The highest BCUT2D eigenvalue weighted by Crippen LogP contribution is 2.28. The maximum atomic E-state index is 5.17. The van der Waals surface area contributed by atoms with Crippen LogP contribution in [0.25, 0.3) is 5.65 Å². The molecule has 0 bridgehead atoms. The zero-order valence-corrected chi connectivity index (χ0v) is 15.9. The van der Waals surface area contributed by atoms with E-state index >= 15 is 0 Å². The molecule has 1 aliphatic heterocycles. The van der Waals surface area contributed by atoms with E-state index < -0.39 is 0 Å². The molecule has 0 amide bonds. The van der Waals surface area contributed by atoms with Crippen molar-refractivity contribution in [3.8, 4) is 0 Å². The van der Waals surface area contributed by atoms with Crippen molar-refractivity contribution in [1.29, 1.82) is 0 Å². The number of hydrogen-bond donors (Lipinski definition) is 0. The molecule has 1 fully saturated rings. The average Bonchev–Trinajstić information content (AvgIpc) is 3.21. The SMILES string of the molecule is Cc1oncc1CN1CCC(c2nnc3ccc(C(C)(C)C)nn23)CC1. The smallest absolute Gasteiger partial charge is 0.177 e. The zero-order chi connectivity index (χ0) is 18.3. The fourth-order valence-electron chi connectivity index (χ4n) is 3.52. The van der Waals surface area contributed by atoms with E-state index in [0.717, 1.165) is 55.4 Å². The molecule has 0 saturated carbocycles. The van der Waals surface area contributed by atoms with E-state index in [9.17, 15) is 0 Å². The summed E-state index contributed by atoms with van der Waals surface area (Å²) in [5.74, 6) is 2.30. The molecule has 0 N–H and O–H groups in total. The number of piperidine rings is 1. The molecule has 138 valence electrons. The number of nitrogens with zero attached hydrogens (tertiary/aromatic N) is 6. The fraction of sp³-hybridized carbons (Fsp3) is 0.579. The average molecular weight is 354 g/mol. The molecule has 26 heavy (non-hydrogen) atoms. The Hall–Kier alpha value is -2.28. The van der Waals surface area contributed by atoms with Gasteiger partial charge in [0.15, 0.2) is 11.5 Å². The van der Waals surface area contributed by atoms with Gasteiger partial charge in [-0.2, -0.15) is 9.61 Å². The molecule has 4 rings (SSSR count). The molecule has 0 unspecified atom stereocenters. The largest absolute Gasteiger partial charge is 0.361 e. The molecular weight excluding hydrogens is 328 g/mol. The number of aryl methyl sites for hydroxylation is 1. The molecule has 1 aliphatic rings. The summed E-state index contributed by atoms with van der Waals surface area (Å²) in [6.45, 7) is 11.5. The third-order valence-electron chi connectivity index (χ3n) is 5.25. The Balaban J connectivity index is 1.50. The summed E-state index contributed by atoms with van der Waals surface area (Å²) in [6, 6.07) is 4.07. The normalized spacial score (nSPS) is 17.2. The van der Waals surface area contributed by atoms with Crippen LogP contribution in [0.1, 0.15) is 62.4 Å². The Morgan fingerprint density at radius 1 is 1.15 bits per heavy atom. The van der Waals surface area contributed by atoms with Crippen molar-refractivity contribution >= 4 is 5.65 Å². The van der Waals surface area contributed by atoms with E-state index in [2.05, 4.69) is 47.1 Å². The van der Waals surface area contributed by atoms with Crippen molar-refractivity contribution in [1.82, 2.24) is 29.9 Å². The zero-order valence-electron chi connectivity index (χ0n) is 15.9. The van der Waals surface area contributed by atoms with Crippen LogP contribution in [0, 0.1) is 6.92 Å². The summed E-state index contributed by atoms with van der Waals surface area (Å²) >= 11 is 0. The summed E-state index contributed by atoms with van der Waals surface area (Å²) < 4.78 is 7.12. The minimum absolute atomic E-state index is 0.00951. The first-order valence-corrected chi connectivity index (χ1v) is 9.27.